The van der Waals surface area contributed by atoms with Gasteiger partial charge in [0.1, 0.15) is 0 Å². The second kappa shape index (κ2) is 5.66. The maximum absolute atomic E-state index is 11.6. The molecule has 0 saturated carbocycles. The van der Waals surface area contributed by atoms with Gasteiger partial charge >= 0.3 is 5.97 Å². The predicted octanol–water partition coefficient (Wildman–Crippen LogP) is 3.06. The van der Waals surface area contributed by atoms with Crippen molar-refractivity contribution in [1.29, 1.82) is 5.26 Å². The molecule has 0 heterocycles. The van der Waals surface area contributed by atoms with Gasteiger partial charge < -0.3 is 4.74 Å². The minimum absolute atomic E-state index is 0.322. The summed E-state index contributed by atoms with van der Waals surface area (Å²) < 4.78 is 5.57. The van der Waals surface area contributed by atoms with Gasteiger partial charge in [-0.3, -0.25) is 0 Å². The molecule has 0 N–H and O–H groups in total. The summed E-state index contributed by atoms with van der Waals surface area (Å²) in [6.07, 6.45) is 0.755. The number of esters is 1. The molecule has 1 rings (SSSR count). The van der Waals surface area contributed by atoms with E-state index >= 15 is 0 Å². The Labute approximate surface area is 103 Å². The van der Waals surface area contributed by atoms with Crippen LogP contribution in [0.4, 0.5) is 0 Å². The molecule has 1 aromatic carbocycles. The van der Waals surface area contributed by atoms with Crippen molar-refractivity contribution in [1.82, 2.24) is 0 Å². The summed E-state index contributed by atoms with van der Waals surface area (Å²) in [5, 5.41) is 8.96. The van der Waals surface area contributed by atoms with Gasteiger partial charge in [-0.25, -0.2) is 4.79 Å². The van der Waals surface area contributed by atoms with E-state index in [9.17, 15) is 4.79 Å². The maximum Gasteiger partial charge on any atom is 0.339 e. The number of carbonyl (C=O) groups is 1. The topological polar surface area (TPSA) is 50.1 Å². The molecule has 16 heavy (non-hydrogen) atoms. The Morgan fingerprint density at radius 2 is 2.19 bits per heavy atom. The standard InChI is InChI=1S/C12H12BrNO2/c1-3-8-6-11(13)10(5-9(8)7-14)12(15)16-4-2/h5-6H,3-4H2,1-2H3. The summed E-state index contributed by atoms with van der Waals surface area (Å²) in [6, 6.07) is 5.45. The van der Waals surface area contributed by atoms with Crippen molar-refractivity contribution in [3.8, 4) is 6.07 Å². The number of ether oxygens (including phenoxy) is 1. The SMILES string of the molecule is CCOC(=O)c1cc(C#N)c(CC)cc1Br. The van der Waals surface area contributed by atoms with Gasteiger partial charge in [-0.1, -0.05) is 6.92 Å². The van der Waals surface area contributed by atoms with Crippen LogP contribution in [0.1, 0.15) is 35.3 Å². The van der Waals surface area contributed by atoms with Crippen molar-refractivity contribution in [2.24, 2.45) is 0 Å². The van der Waals surface area contributed by atoms with E-state index in [1.165, 1.54) is 0 Å². The monoisotopic (exact) mass is 281 g/mol. The van der Waals surface area contributed by atoms with Crippen molar-refractivity contribution in [3.05, 3.63) is 33.3 Å². The Bertz CT molecular complexity index is 449. The first-order valence-corrected chi connectivity index (χ1v) is 5.82. The number of aryl methyl sites for hydroxylation is 1. The molecule has 0 saturated heterocycles. The van der Waals surface area contributed by atoms with Crippen LogP contribution in [-0.4, -0.2) is 12.6 Å². The van der Waals surface area contributed by atoms with Crippen LogP contribution in [0.25, 0.3) is 0 Å². The van der Waals surface area contributed by atoms with Gasteiger partial charge in [-0.2, -0.15) is 5.26 Å². The molecule has 84 valence electrons. The lowest BCUT2D eigenvalue weighted by Crippen LogP contribution is -2.07. The first-order valence-electron chi connectivity index (χ1n) is 5.03. The number of rotatable bonds is 3. The summed E-state index contributed by atoms with van der Waals surface area (Å²) in [4.78, 5) is 11.6. The highest BCUT2D eigenvalue weighted by molar-refractivity contribution is 9.10. The average Bonchev–Trinajstić information content (AvgIpc) is 2.28. The van der Waals surface area contributed by atoms with Crippen LogP contribution in [0.2, 0.25) is 0 Å². The van der Waals surface area contributed by atoms with Crippen LogP contribution >= 0.6 is 15.9 Å². The number of hydrogen-bond acceptors (Lipinski definition) is 3. The smallest absolute Gasteiger partial charge is 0.339 e. The van der Waals surface area contributed by atoms with Crippen molar-refractivity contribution in [3.63, 3.8) is 0 Å². The van der Waals surface area contributed by atoms with Crippen molar-refractivity contribution in [2.45, 2.75) is 20.3 Å². The summed E-state index contributed by atoms with van der Waals surface area (Å²) >= 11 is 3.31. The summed E-state index contributed by atoms with van der Waals surface area (Å²) in [6.45, 7) is 4.03. The maximum atomic E-state index is 11.6. The van der Waals surface area contributed by atoms with Gasteiger partial charge in [-0.05, 0) is 47.0 Å². The Hall–Kier alpha value is -1.34. The molecule has 0 amide bonds. The highest BCUT2D eigenvalue weighted by atomic mass is 79.9. The molecule has 0 radical (unpaired) electrons. The molecule has 0 aliphatic carbocycles. The van der Waals surface area contributed by atoms with E-state index in [1.54, 1.807) is 19.1 Å². The molecule has 0 aliphatic rings. The van der Waals surface area contributed by atoms with Crippen LogP contribution in [0, 0.1) is 11.3 Å². The lowest BCUT2D eigenvalue weighted by atomic mass is 10.0. The third-order valence-electron chi connectivity index (χ3n) is 2.19. The van der Waals surface area contributed by atoms with E-state index < -0.39 is 5.97 Å². The van der Waals surface area contributed by atoms with E-state index in [0.29, 0.717) is 22.2 Å². The summed E-state index contributed by atoms with van der Waals surface area (Å²) in [5.41, 5.74) is 1.84. The van der Waals surface area contributed by atoms with Gasteiger partial charge in [0.05, 0.1) is 23.8 Å². The molecule has 0 aliphatic heterocycles. The first-order chi connectivity index (χ1) is 7.63. The molecule has 0 unspecified atom stereocenters. The van der Waals surface area contributed by atoms with Crippen LogP contribution in [0.3, 0.4) is 0 Å². The zero-order valence-corrected chi connectivity index (χ0v) is 10.8. The van der Waals surface area contributed by atoms with Crippen molar-refractivity contribution >= 4 is 21.9 Å². The van der Waals surface area contributed by atoms with Gasteiger partial charge in [0.2, 0.25) is 0 Å². The molecule has 0 fully saturated rings. The quantitative estimate of drug-likeness (QED) is 0.800. The molecular formula is C12H12BrNO2. The highest BCUT2D eigenvalue weighted by Crippen LogP contribution is 2.23. The Morgan fingerprint density at radius 1 is 1.50 bits per heavy atom. The zero-order chi connectivity index (χ0) is 12.1. The molecular weight excluding hydrogens is 270 g/mol. The van der Waals surface area contributed by atoms with E-state index in [0.717, 1.165) is 12.0 Å². The van der Waals surface area contributed by atoms with Crippen LogP contribution < -0.4 is 0 Å². The fourth-order valence-electron chi connectivity index (χ4n) is 1.38. The fraction of sp³-hybridized carbons (Fsp3) is 0.333. The van der Waals surface area contributed by atoms with Gasteiger partial charge in [0, 0.05) is 4.47 Å². The van der Waals surface area contributed by atoms with Crippen LogP contribution in [-0.2, 0) is 11.2 Å². The van der Waals surface area contributed by atoms with Crippen molar-refractivity contribution in [2.75, 3.05) is 6.61 Å². The largest absolute Gasteiger partial charge is 0.462 e. The third-order valence-corrected chi connectivity index (χ3v) is 2.85. The van der Waals surface area contributed by atoms with Crippen LogP contribution in [0.15, 0.2) is 16.6 Å². The number of hydrogen-bond donors (Lipinski definition) is 0. The van der Waals surface area contributed by atoms with Gasteiger partial charge in [-0.15, -0.1) is 0 Å². The van der Waals surface area contributed by atoms with E-state index in [-0.39, 0.29) is 0 Å². The first kappa shape index (κ1) is 12.7. The lowest BCUT2D eigenvalue weighted by Gasteiger charge is -2.07. The van der Waals surface area contributed by atoms with Crippen molar-refractivity contribution < 1.29 is 9.53 Å². The Morgan fingerprint density at radius 3 is 2.69 bits per heavy atom. The number of nitriles is 1. The number of benzene rings is 1. The summed E-state index contributed by atoms with van der Waals surface area (Å²) in [5.74, 6) is -0.409. The second-order valence-electron chi connectivity index (χ2n) is 3.18. The molecule has 0 spiro atoms. The second-order valence-corrected chi connectivity index (χ2v) is 4.03. The van der Waals surface area contributed by atoms with E-state index in [4.69, 9.17) is 10.00 Å². The number of halogens is 1. The highest BCUT2D eigenvalue weighted by Gasteiger charge is 2.14. The third kappa shape index (κ3) is 2.61. The lowest BCUT2D eigenvalue weighted by molar-refractivity contribution is 0.0525. The van der Waals surface area contributed by atoms with E-state index in [1.807, 2.05) is 6.92 Å². The fourth-order valence-corrected chi connectivity index (χ4v) is 1.93. The average molecular weight is 282 g/mol. The molecule has 3 nitrogen and oxygen atoms in total. The molecule has 0 aromatic heterocycles. The summed E-state index contributed by atoms with van der Waals surface area (Å²) in [7, 11) is 0. The Balaban J connectivity index is 3.22. The minimum atomic E-state index is -0.409. The zero-order valence-electron chi connectivity index (χ0n) is 9.21. The van der Waals surface area contributed by atoms with Crippen LogP contribution in [0.5, 0.6) is 0 Å². The minimum Gasteiger partial charge on any atom is -0.462 e. The normalized spacial score (nSPS) is 9.62. The molecule has 0 atom stereocenters. The molecule has 1 aromatic rings. The molecule has 4 heteroatoms. The van der Waals surface area contributed by atoms with Gasteiger partial charge in [0.25, 0.3) is 0 Å². The number of carbonyl (C=O) groups excluding carboxylic acids is 1. The van der Waals surface area contributed by atoms with Gasteiger partial charge in [0.15, 0.2) is 0 Å². The van der Waals surface area contributed by atoms with E-state index in [2.05, 4.69) is 22.0 Å². The number of nitrogens with zero attached hydrogens (tertiary/aromatic N) is 1. The molecule has 0 bridgehead atoms. The Kier molecular flexibility index (Phi) is 4.51. The predicted molar refractivity (Wildman–Crippen MR) is 64.2 cm³/mol.